The molecule has 0 atom stereocenters. The lowest BCUT2D eigenvalue weighted by molar-refractivity contribution is 0.726. The van der Waals surface area contributed by atoms with E-state index >= 15 is 0 Å². The summed E-state index contributed by atoms with van der Waals surface area (Å²) in [7, 11) is 0. The molecule has 3 N–H and O–H groups in total. The molecular formula is C18H22N6S. The Morgan fingerprint density at radius 1 is 1.12 bits per heavy atom. The number of nitrogens with one attached hydrogen (secondary N) is 1. The van der Waals surface area contributed by atoms with Crippen molar-refractivity contribution in [2.24, 2.45) is 0 Å². The monoisotopic (exact) mass is 354 g/mol. The standard InChI is InChI=1S/C18H22N6S/c1-12-6-7-13-14(10-12)25-18(22-13)23-16-15(19)17(21-11-20-16)24-8-4-2-3-5-9-24/h6-7,10-11H,2-5,8-9,19H2,1H3,(H,20,21,22,23). The fraction of sp³-hybridized carbons (Fsp3) is 0.389. The van der Waals surface area contributed by atoms with Gasteiger partial charge >= 0.3 is 0 Å². The summed E-state index contributed by atoms with van der Waals surface area (Å²) in [5.41, 5.74) is 9.19. The minimum atomic E-state index is 0.597. The van der Waals surface area contributed by atoms with E-state index in [0.29, 0.717) is 11.5 Å². The normalized spacial score (nSPS) is 15.3. The predicted molar refractivity (Wildman–Crippen MR) is 105 cm³/mol. The maximum atomic E-state index is 6.38. The zero-order chi connectivity index (χ0) is 17.2. The van der Waals surface area contributed by atoms with Gasteiger partial charge in [0, 0.05) is 13.1 Å². The lowest BCUT2D eigenvalue weighted by atomic mass is 10.2. The number of hydrogen-bond acceptors (Lipinski definition) is 7. The second-order valence-electron chi connectivity index (χ2n) is 6.48. The molecular weight excluding hydrogens is 332 g/mol. The molecule has 6 nitrogen and oxygen atoms in total. The van der Waals surface area contributed by atoms with E-state index < -0.39 is 0 Å². The van der Waals surface area contributed by atoms with E-state index in [9.17, 15) is 0 Å². The van der Waals surface area contributed by atoms with Crippen molar-refractivity contribution in [3.8, 4) is 0 Å². The first-order chi connectivity index (χ1) is 12.2. The van der Waals surface area contributed by atoms with Gasteiger partial charge in [0.15, 0.2) is 16.8 Å². The fourth-order valence-electron chi connectivity index (χ4n) is 3.21. The molecule has 3 aromatic rings. The van der Waals surface area contributed by atoms with Gasteiger partial charge in [0.1, 0.15) is 12.0 Å². The number of benzene rings is 1. The highest BCUT2D eigenvalue weighted by atomic mass is 32.1. The third kappa shape index (κ3) is 3.37. The van der Waals surface area contributed by atoms with Gasteiger partial charge in [-0.1, -0.05) is 30.2 Å². The SMILES string of the molecule is Cc1ccc2nc(Nc3ncnc(N4CCCCCC4)c3N)sc2c1. The lowest BCUT2D eigenvalue weighted by Crippen LogP contribution is -2.26. The van der Waals surface area contributed by atoms with E-state index in [1.165, 1.54) is 31.2 Å². The van der Waals surface area contributed by atoms with Gasteiger partial charge < -0.3 is 16.0 Å². The second-order valence-corrected chi connectivity index (χ2v) is 7.51. The number of anilines is 4. The van der Waals surface area contributed by atoms with E-state index in [1.54, 1.807) is 17.7 Å². The van der Waals surface area contributed by atoms with E-state index in [1.807, 2.05) is 6.07 Å². The van der Waals surface area contributed by atoms with Gasteiger partial charge in [0.2, 0.25) is 0 Å². The maximum absolute atomic E-state index is 6.38. The summed E-state index contributed by atoms with van der Waals surface area (Å²) in [6.45, 7) is 4.09. The molecule has 0 saturated carbocycles. The molecule has 130 valence electrons. The number of hydrogen-bond donors (Lipinski definition) is 2. The van der Waals surface area contributed by atoms with Crippen molar-refractivity contribution in [3.63, 3.8) is 0 Å². The highest BCUT2D eigenvalue weighted by molar-refractivity contribution is 7.22. The third-order valence-electron chi connectivity index (χ3n) is 4.54. The van der Waals surface area contributed by atoms with Crippen molar-refractivity contribution in [2.45, 2.75) is 32.6 Å². The van der Waals surface area contributed by atoms with E-state index in [-0.39, 0.29) is 0 Å². The van der Waals surface area contributed by atoms with Crippen LogP contribution in [0.2, 0.25) is 0 Å². The molecule has 0 unspecified atom stereocenters. The largest absolute Gasteiger partial charge is 0.393 e. The Hall–Kier alpha value is -2.41. The molecule has 0 bridgehead atoms. The summed E-state index contributed by atoms with van der Waals surface area (Å²) < 4.78 is 1.16. The quantitative estimate of drug-likeness (QED) is 0.737. The van der Waals surface area contributed by atoms with Crippen LogP contribution in [-0.2, 0) is 0 Å². The molecule has 1 aliphatic rings. The molecule has 2 aromatic heterocycles. The molecule has 0 aliphatic carbocycles. The van der Waals surface area contributed by atoms with Gasteiger partial charge in [0.05, 0.1) is 10.2 Å². The summed E-state index contributed by atoms with van der Waals surface area (Å²) in [5, 5.41) is 4.08. The van der Waals surface area contributed by atoms with Crippen LogP contribution in [-0.4, -0.2) is 28.0 Å². The van der Waals surface area contributed by atoms with Crippen LogP contribution < -0.4 is 16.0 Å². The Morgan fingerprint density at radius 2 is 1.92 bits per heavy atom. The summed E-state index contributed by atoms with van der Waals surface area (Å²) in [6.07, 6.45) is 6.50. The molecule has 1 aliphatic heterocycles. The topological polar surface area (TPSA) is 80.0 Å². The number of nitrogen functional groups attached to an aromatic ring is 1. The van der Waals surface area contributed by atoms with Gasteiger partial charge in [-0.15, -0.1) is 0 Å². The molecule has 0 spiro atoms. The summed E-state index contributed by atoms with van der Waals surface area (Å²) in [5.74, 6) is 1.46. The van der Waals surface area contributed by atoms with E-state index in [0.717, 1.165) is 34.3 Å². The van der Waals surface area contributed by atoms with Crippen LogP contribution in [0.1, 0.15) is 31.2 Å². The third-order valence-corrected chi connectivity index (χ3v) is 5.47. The number of nitrogens with zero attached hydrogens (tertiary/aromatic N) is 4. The van der Waals surface area contributed by atoms with Crippen molar-refractivity contribution in [2.75, 3.05) is 29.0 Å². The Balaban J connectivity index is 1.62. The highest BCUT2D eigenvalue weighted by Gasteiger charge is 2.17. The van der Waals surface area contributed by atoms with Crippen molar-refractivity contribution in [1.82, 2.24) is 15.0 Å². The first kappa shape index (κ1) is 16.1. The molecule has 0 radical (unpaired) electrons. The summed E-state index contributed by atoms with van der Waals surface area (Å²) >= 11 is 1.61. The average molecular weight is 354 g/mol. The number of nitrogens with two attached hydrogens (primary N) is 1. The zero-order valence-corrected chi connectivity index (χ0v) is 15.1. The first-order valence-electron chi connectivity index (χ1n) is 8.70. The van der Waals surface area contributed by atoms with Gasteiger partial charge in [0.25, 0.3) is 0 Å². The van der Waals surface area contributed by atoms with Crippen LogP contribution in [0, 0.1) is 6.92 Å². The Labute approximate surface area is 151 Å². The molecule has 1 aromatic carbocycles. The Bertz CT molecular complexity index is 882. The van der Waals surface area contributed by atoms with Crippen LogP contribution >= 0.6 is 11.3 Å². The highest BCUT2D eigenvalue weighted by Crippen LogP contribution is 2.33. The minimum absolute atomic E-state index is 0.597. The molecule has 0 amide bonds. The van der Waals surface area contributed by atoms with E-state index in [4.69, 9.17) is 5.73 Å². The van der Waals surface area contributed by atoms with Crippen LogP contribution in [0.15, 0.2) is 24.5 Å². The average Bonchev–Trinajstić information content (AvgIpc) is 2.80. The van der Waals surface area contributed by atoms with Crippen LogP contribution in [0.5, 0.6) is 0 Å². The van der Waals surface area contributed by atoms with Crippen LogP contribution in [0.4, 0.5) is 22.5 Å². The van der Waals surface area contributed by atoms with Crippen molar-refractivity contribution < 1.29 is 0 Å². The Morgan fingerprint density at radius 3 is 2.72 bits per heavy atom. The van der Waals surface area contributed by atoms with Crippen LogP contribution in [0.25, 0.3) is 10.2 Å². The number of aromatic nitrogens is 3. The minimum Gasteiger partial charge on any atom is -0.393 e. The van der Waals surface area contributed by atoms with Gasteiger partial charge in [-0.05, 0) is 37.5 Å². The maximum Gasteiger partial charge on any atom is 0.189 e. The molecule has 1 saturated heterocycles. The predicted octanol–water partition coefficient (Wildman–Crippen LogP) is 4.10. The molecule has 4 rings (SSSR count). The fourth-order valence-corrected chi connectivity index (χ4v) is 4.17. The molecule has 3 heterocycles. The Kier molecular flexibility index (Phi) is 4.40. The number of fused-ring (bicyclic) bond motifs is 1. The van der Waals surface area contributed by atoms with Crippen molar-refractivity contribution in [3.05, 3.63) is 30.1 Å². The van der Waals surface area contributed by atoms with Crippen LogP contribution in [0.3, 0.4) is 0 Å². The van der Waals surface area contributed by atoms with Gasteiger partial charge in [-0.3, -0.25) is 0 Å². The smallest absolute Gasteiger partial charge is 0.189 e. The molecule has 1 fully saturated rings. The summed E-state index contributed by atoms with van der Waals surface area (Å²) in [6, 6.07) is 6.25. The van der Waals surface area contributed by atoms with Crippen molar-refractivity contribution in [1.29, 1.82) is 0 Å². The number of thiazole rings is 1. The van der Waals surface area contributed by atoms with Gasteiger partial charge in [-0.25, -0.2) is 15.0 Å². The number of aryl methyl sites for hydroxylation is 1. The van der Waals surface area contributed by atoms with Crippen molar-refractivity contribution >= 4 is 44.0 Å². The second kappa shape index (κ2) is 6.84. The first-order valence-corrected chi connectivity index (χ1v) is 9.52. The van der Waals surface area contributed by atoms with E-state index in [2.05, 4.69) is 44.2 Å². The zero-order valence-electron chi connectivity index (χ0n) is 14.3. The molecule has 25 heavy (non-hydrogen) atoms. The number of rotatable bonds is 3. The van der Waals surface area contributed by atoms with Gasteiger partial charge in [-0.2, -0.15) is 0 Å². The molecule has 7 heteroatoms. The lowest BCUT2D eigenvalue weighted by Gasteiger charge is -2.23. The summed E-state index contributed by atoms with van der Waals surface area (Å²) in [4.78, 5) is 15.7.